The van der Waals surface area contributed by atoms with Crippen LogP contribution in [-0.4, -0.2) is 27.6 Å². The van der Waals surface area contributed by atoms with Crippen LogP contribution in [0.4, 0.5) is 0 Å². The summed E-state index contributed by atoms with van der Waals surface area (Å²) in [6.45, 7) is 4.34. The van der Waals surface area contributed by atoms with Gasteiger partial charge in [-0.05, 0) is 31.5 Å². The molecule has 3 N–H and O–H groups in total. The standard InChI is InChI=1S/C12H19BrN2O3S/c1-3-10(8-14)15-19(16,17)12-7-9(13)5-6-11(12)18-4-2/h5-7,10,15H,3-4,8,14H2,1-2H3. The SMILES string of the molecule is CCOc1ccc(Br)cc1S(=O)(=O)NC(CC)CN. The third kappa shape index (κ3) is 4.45. The van der Waals surface area contributed by atoms with E-state index in [1.807, 2.05) is 6.92 Å². The zero-order chi connectivity index (χ0) is 14.5. The van der Waals surface area contributed by atoms with Gasteiger partial charge in [0.1, 0.15) is 10.6 Å². The van der Waals surface area contributed by atoms with E-state index in [2.05, 4.69) is 20.7 Å². The van der Waals surface area contributed by atoms with Crippen LogP contribution in [0, 0.1) is 0 Å². The summed E-state index contributed by atoms with van der Waals surface area (Å²) in [7, 11) is -3.64. The number of ether oxygens (including phenoxy) is 1. The molecule has 0 fully saturated rings. The van der Waals surface area contributed by atoms with Crippen LogP contribution >= 0.6 is 15.9 Å². The van der Waals surface area contributed by atoms with E-state index in [1.54, 1.807) is 19.1 Å². The van der Waals surface area contributed by atoms with Crippen molar-refractivity contribution in [3.05, 3.63) is 22.7 Å². The predicted molar refractivity (Wildman–Crippen MR) is 78.8 cm³/mol. The normalized spacial score (nSPS) is 13.3. The lowest BCUT2D eigenvalue weighted by Gasteiger charge is -2.17. The van der Waals surface area contributed by atoms with Gasteiger partial charge < -0.3 is 10.5 Å². The Morgan fingerprint density at radius 1 is 1.42 bits per heavy atom. The van der Waals surface area contributed by atoms with Crippen molar-refractivity contribution in [2.45, 2.75) is 31.2 Å². The number of sulfonamides is 1. The Morgan fingerprint density at radius 3 is 2.63 bits per heavy atom. The van der Waals surface area contributed by atoms with Crippen molar-refractivity contribution >= 4 is 26.0 Å². The quantitative estimate of drug-likeness (QED) is 0.786. The first-order valence-electron chi connectivity index (χ1n) is 6.09. The van der Waals surface area contributed by atoms with Gasteiger partial charge >= 0.3 is 0 Å². The first kappa shape index (κ1) is 16.4. The Morgan fingerprint density at radius 2 is 2.11 bits per heavy atom. The topological polar surface area (TPSA) is 81.4 Å². The van der Waals surface area contributed by atoms with Gasteiger partial charge in [-0.15, -0.1) is 0 Å². The summed E-state index contributed by atoms with van der Waals surface area (Å²) in [5.74, 6) is 0.338. The molecule has 1 aromatic carbocycles. The van der Waals surface area contributed by atoms with Gasteiger partial charge in [-0.2, -0.15) is 0 Å². The van der Waals surface area contributed by atoms with Crippen molar-refractivity contribution in [2.75, 3.05) is 13.2 Å². The highest BCUT2D eigenvalue weighted by atomic mass is 79.9. The highest BCUT2D eigenvalue weighted by Crippen LogP contribution is 2.27. The maximum absolute atomic E-state index is 12.3. The first-order valence-corrected chi connectivity index (χ1v) is 8.37. The van der Waals surface area contributed by atoms with Crippen LogP contribution in [-0.2, 0) is 10.0 Å². The Hall–Kier alpha value is -0.630. The molecule has 5 nitrogen and oxygen atoms in total. The van der Waals surface area contributed by atoms with E-state index >= 15 is 0 Å². The first-order chi connectivity index (χ1) is 8.94. The second-order valence-electron chi connectivity index (χ2n) is 3.99. The van der Waals surface area contributed by atoms with E-state index in [4.69, 9.17) is 10.5 Å². The lowest BCUT2D eigenvalue weighted by atomic mass is 10.2. The average molecular weight is 351 g/mol. The zero-order valence-corrected chi connectivity index (χ0v) is 13.4. The summed E-state index contributed by atoms with van der Waals surface area (Å²) >= 11 is 3.27. The number of nitrogens with one attached hydrogen (secondary N) is 1. The highest BCUT2D eigenvalue weighted by molar-refractivity contribution is 9.10. The van der Waals surface area contributed by atoms with Crippen LogP contribution in [0.25, 0.3) is 0 Å². The molecule has 1 rings (SSSR count). The van der Waals surface area contributed by atoms with Gasteiger partial charge in [0.2, 0.25) is 10.0 Å². The molecule has 108 valence electrons. The summed E-state index contributed by atoms with van der Waals surface area (Å²) in [5, 5.41) is 0. The van der Waals surface area contributed by atoms with Crippen LogP contribution in [0.2, 0.25) is 0 Å². The van der Waals surface area contributed by atoms with Gasteiger partial charge in [0.15, 0.2) is 0 Å². The van der Waals surface area contributed by atoms with E-state index in [0.717, 1.165) is 0 Å². The third-order valence-corrected chi connectivity index (χ3v) is 4.63. The number of halogens is 1. The fourth-order valence-electron chi connectivity index (χ4n) is 1.55. The van der Waals surface area contributed by atoms with Crippen molar-refractivity contribution in [3.8, 4) is 5.75 Å². The lowest BCUT2D eigenvalue weighted by Crippen LogP contribution is -2.39. The molecule has 0 aromatic heterocycles. The Balaban J connectivity index is 3.15. The van der Waals surface area contributed by atoms with Crippen molar-refractivity contribution in [1.82, 2.24) is 4.72 Å². The van der Waals surface area contributed by atoms with Crippen LogP contribution < -0.4 is 15.2 Å². The molecule has 0 radical (unpaired) electrons. The molecule has 0 heterocycles. The van der Waals surface area contributed by atoms with Crippen molar-refractivity contribution in [1.29, 1.82) is 0 Å². The van der Waals surface area contributed by atoms with Gasteiger partial charge in [0.05, 0.1) is 6.61 Å². The van der Waals surface area contributed by atoms with Gasteiger partial charge in [-0.3, -0.25) is 0 Å². The molecule has 0 aliphatic rings. The molecule has 1 unspecified atom stereocenters. The minimum Gasteiger partial charge on any atom is -0.492 e. The van der Waals surface area contributed by atoms with Crippen molar-refractivity contribution in [2.24, 2.45) is 5.73 Å². The molecule has 0 bridgehead atoms. The van der Waals surface area contributed by atoms with E-state index in [9.17, 15) is 8.42 Å². The number of hydrogen-bond donors (Lipinski definition) is 2. The van der Waals surface area contributed by atoms with E-state index < -0.39 is 10.0 Å². The Kier molecular flexibility index (Phi) is 6.25. The minimum absolute atomic E-state index is 0.121. The molecule has 0 aliphatic heterocycles. The second-order valence-corrected chi connectivity index (χ2v) is 6.58. The highest BCUT2D eigenvalue weighted by Gasteiger charge is 2.22. The number of nitrogens with two attached hydrogens (primary N) is 1. The monoisotopic (exact) mass is 350 g/mol. The summed E-state index contributed by atoms with van der Waals surface area (Å²) < 4.78 is 33.3. The predicted octanol–water partition coefficient (Wildman–Crippen LogP) is 1.86. The van der Waals surface area contributed by atoms with Crippen LogP contribution in [0.1, 0.15) is 20.3 Å². The second kappa shape index (κ2) is 7.23. The molecule has 1 atom stereocenters. The summed E-state index contributed by atoms with van der Waals surface area (Å²) in [4.78, 5) is 0.121. The number of rotatable bonds is 7. The third-order valence-electron chi connectivity index (χ3n) is 2.59. The fourth-order valence-corrected chi connectivity index (χ4v) is 3.56. The maximum Gasteiger partial charge on any atom is 0.244 e. The van der Waals surface area contributed by atoms with Crippen LogP contribution in [0.15, 0.2) is 27.6 Å². The molecular formula is C12H19BrN2O3S. The van der Waals surface area contributed by atoms with E-state index in [1.165, 1.54) is 6.07 Å². The largest absolute Gasteiger partial charge is 0.492 e. The van der Waals surface area contributed by atoms with Crippen molar-refractivity contribution < 1.29 is 13.2 Å². The molecule has 1 aromatic rings. The maximum atomic E-state index is 12.3. The molecule has 0 amide bonds. The van der Waals surface area contributed by atoms with Crippen LogP contribution in [0.3, 0.4) is 0 Å². The average Bonchev–Trinajstić information content (AvgIpc) is 2.38. The molecule has 19 heavy (non-hydrogen) atoms. The number of hydrogen-bond acceptors (Lipinski definition) is 4. The van der Waals surface area contributed by atoms with Gasteiger partial charge in [-0.1, -0.05) is 22.9 Å². The smallest absolute Gasteiger partial charge is 0.244 e. The van der Waals surface area contributed by atoms with E-state index in [0.29, 0.717) is 23.2 Å². The summed E-state index contributed by atoms with van der Waals surface area (Å²) in [5.41, 5.74) is 5.53. The fraction of sp³-hybridized carbons (Fsp3) is 0.500. The van der Waals surface area contributed by atoms with Crippen molar-refractivity contribution in [3.63, 3.8) is 0 Å². The Labute approximate surface area is 122 Å². The summed E-state index contributed by atoms with van der Waals surface area (Å²) in [6.07, 6.45) is 0.633. The molecule has 0 spiro atoms. The zero-order valence-electron chi connectivity index (χ0n) is 11.0. The Bertz CT molecular complexity index is 516. The molecule has 0 saturated carbocycles. The number of benzene rings is 1. The van der Waals surface area contributed by atoms with Gasteiger partial charge in [-0.25, -0.2) is 13.1 Å². The van der Waals surface area contributed by atoms with Gasteiger partial charge in [0.25, 0.3) is 0 Å². The summed E-state index contributed by atoms with van der Waals surface area (Å²) in [6, 6.07) is 4.62. The van der Waals surface area contributed by atoms with Crippen LogP contribution in [0.5, 0.6) is 5.75 Å². The van der Waals surface area contributed by atoms with Gasteiger partial charge in [0, 0.05) is 17.1 Å². The molecule has 0 aliphatic carbocycles. The molecule has 7 heteroatoms. The van der Waals surface area contributed by atoms with E-state index in [-0.39, 0.29) is 17.5 Å². The lowest BCUT2D eigenvalue weighted by molar-refractivity contribution is 0.330. The molecule has 0 saturated heterocycles. The molecular weight excluding hydrogens is 332 g/mol. The minimum atomic E-state index is -3.64.